The number of fused-ring (bicyclic) bond motifs is 1. The number of anilines is 1. The molecule has 1 N–H and O–H groups in total. The Balaban J connectivity index is 1.12. The van der Waals surface area contributed by atoms with E-state index in [1.54, 1.807) is 11.6 Å². The Bertz CT molecular complexity index is 1780. The fourth-order valence-electron chi connectivity index (χ4n) is 7.55. The van der Waals surface area contributed by atoms with Crippen molar-refractivity contribution in [3.8, 4) is 22.7 Å². The standard InChI is InChI=1S/C39H44N4O4/c1-4-25-22-30(15-16-32(25)26-18-20-42(21-19-26)37(44)28-12-13-28)41-35-17-14-27-8-7-11-33(36(27)35)29-9-6-10-31(23-29)43-38(46-3)34(24-40-43)39(45)47-5-2/h6-11,15-16,22-24,26,28,35,41H,4-5,12-14,17-21H2,1-3H3/t35-/m0/s1. The third kappa shape index (κ3) is 6.13. The Morgan fingerprint density at radius 2 is 1.77 bits per heavy atom. The zero-order valence-corrected chi connectivity index (χ0v) is 27.6. The number of benzene rings is 3. The molecule has 0 unspecified atom stereocenters. The zero-order valence-electron chi connectivity index (χ0n) is 27.6. The van der Waals surface area contributed by atoms with Gasteiger partial charge in [0, 0.05) is 24.7 Å². The second-order valence-electron chi connectivity index (χ2n) is 13.0. The number of hydrogen-bond donors (Lipinski definition) is 1. The van der Waals surface area contributed by atoms with E-state index >= 15 is 0 Å². The van der Waals surface area contributed by atoms with Gasteiger partial charge in [0.2, 0.25) is 11.8 Å². The summed E-state index contributed by atoms with van der Waals surface area (Å²) in [6.07, 6.45) is 8.78. The first-order chi connectivity index (χ1) is 23.0. The normalized spacial score (nSPS) is 17.8. The van der Waals surface area contributed by atoms with Crippen LogP contribution in [0.15, 0.2) is 66.9 Å². The summed E-state index contributed by atoms with van der Waals surface area (Å²) in [5.41, 5.74) is 10.1. The first-order valence-electron chi connectivity index (χ1n) is 17.2. The molecule has 2 fully saturated rings. The number of likely N-dealkylation sites (tertiary alicyclic amines) is 1. The average Bonchev–Trinajstić information content (AvgIpc) is 3.74. The van der Waals surface area contributed by atoms with Crippen molar-refractivity contribution in [2.45, 2.75) is 70.8 Å². The third-order valence-corrected chi connectivity index (χ3v) is 10.1. The molecule has 0 bridgehead atoms. The van der Waals surface area contributed by atoms with Crippen LogP contribution < -0.4 is 10.1 Å². The van der Waals surface area contributed by atoms with Gasteiger partial charge in [0.25, 0.3) is 0 Å². The molecule has 1 atom stereocenters. The number of methoxy groups -OCH3 is 1. The minimum absolute atomic E-state index is 0.187. The Kier molecular flexibility index (Phi) is 8.76. The van der Waals surface area contributed by atoms with Gasteiger partial charge in [-0.25, -0.2) is 9.48 Å². The lowest BCUT2D eigenvalue weighted by molar-refractivity contribution is -0.133. The third-order valence-electron chi connectivity index (χ3n) is 10.1. The summed E-state index contributed by atoms with van der Waals surface area (Å²) in [4.78, 5) is 27.2. The van der Waals surface area contributed by atoms with Crippen LogP contribution in [0.1, 0.15) is 90.5 Å². The number of aromatic nitrogens is 2. The maximum absolute atomic E-state index is 12.6. The van der Waals surface area contributed by atoms with E-state index < -0.39 is 5.97 Å². The predicted molar refractivity (Wildman–Crippen MR) is 183 cm³/mol. The molecule has 4 aromatic rings. The predicted octanol–water partition coefficient (Wildman–Crippen LogP) is 7.50. The van der Waals surface area contributed by atoms with Crippen molar-refractivity contribution in [2.75, 3.05) is 32.1 Å². The highest BCUT2D eigenvalue weighted by Gasteiger charge is 2.35. The van der Waals surface area contributed by atoms with Gasteiger partial charge in [-0.05, 0) is 115 Å². The van der Waals surface area contributed by atoms with E-state index in [1.165, 1.54) is 41.1 Å². The maximum atomic E-state index is 12.6. The molecular formula is C39H44N4O4. The summed E-state index contributed by atoms with van der Waals surface area (Å²) in [5, 5.41) is 8.38. The van der Waals surface area contributed by atoms with Crippen LogP contribution in [0, 0.1) is 5.92 Å². The number of piperidine rings is 1. The van der Waals surface area contributed by atoms with E-state index in [4.69, 9.17) is 9.47 Å². The van der Waals surface area contributed by atoms with Crippen LogP contribution in [0.25, 0.3) is 16.8 Å². The van der Waals surface area contributed by atoms with Gasteiger partial charge in [0.15, 0.2) is 0 Å². The van der Waals surface area contributed by atoms with Gasteiger partial charge in [0.1, 0.15) is 5.56 Å². The van der Waals surface area contributed by atoms with E-state index in [-0.39, 0.29) is 12.6 Å². The van der Waals surface area contributed by atoms with Crippen LogP contribution in [0.2, 0.25) is 0 Å². The highest BCUT2D eigenvalue weighted by Crippen LogP contribution is 2.42. The van der Waals surface area contributed by atoms with E-state index in [0.717, 1.165) is 75.0 Å². The number of hydrogen-bond acceptors (Lipinski definition) is 6. The van der Waals surface area contributed by atoms with Gasteiger partial charge in [0.05, 0.1) is 31.6 Å². The summed E-state index contributed by atoms with van der Waals surface area (Å²) < 4.78 is 12.5. The van der Waals surface area contributed by atoms with E-state index in [9.17, 15) is 9.59 Å². The van der Waals surface area contributed by atoms with Gasteiger partial charge in [-0.1, -0.05) is 43.3 Å². The van der Waals surface area contributed by atoms with E-state index in [2.05, 4.69) is 70.8 Å². The van der Waals surface area contributed by atoms with Crippen molar-refractivity contribution < 1.29 is 19.1 Å². The molecule has 0 radical (unpaired) electrons. The molecule has 1 aliphatic heterocycles. The van der Waals surface area contributed by atoms with Crippen LogP contribution in [0.4, 0.5) is 5.69 Å². The SMILES string of the molecule is CCOC(=O)c1cnn(-c2cccc(-c3cccc4c3[C@@H](Nc3ccc(C5CCN(C(=O)C6CC6)CC5)c(CC)c3)CC4)c2)c1OC. The van der Waals surface area contributed by atoms with Crippen LogP contribution >= 0.6 is 0 Å². The number of rotatable bonds is 10. The average molecular weight is 633 g/mol. The lowest BCUT2D eigenvalue weighted by Crippen LogP contribution is -2.38. The van der Waals surface area contributed by atoms with Crippen molar-refractivity contribution >= 4 is 17.6 Å². The summed E-state index contributed by atoms with van der Waals surface area (Å²) in [5.74, 6) is 1.10. The minimum Gasteiger partial charge on any atom is -0.480 e. The first-order valence-corrected chi connectivity index (χ1v) is 17.2. The minimum atomic E-state index is -0.452. The molecule has 2 aliphatic carbocycles. The van der Waals surface area contributed by atoms with Crippen molar-refractivity contribution in [1.82, 2.24) is 14.7 Å². The zero-order chi connectivity index (χ0) is 32.5. The van der Waals surface area contributed by atoms with Crippen LogP contribution in [0.5, 0.6) is 5.88 Å². The number of amides is 1. The molecule has 2 heterocycles. The van der Waals surface area contributed by atoms with Gasteiger partial charge in [-0.15, -0.1) is 0 Å². The molecule has 8 heteroatoms. The highest BCUT2D eigenvalue weighted by molar-refractivity contribution is 5.92. The topological polar surface area (TPSA) is 85.7 Å². The first kappa shape index (κ1) is 31.0. The highest BCUT2D eigenvalue weighted by atomic mass is 16.5. The molecular weight excluding hydrogens is 588 g/mol. The fourth-order valence-corrected chi connectivity index (χ4v) is 7.55. The molecule has 0 spiro atoms. The Labute approximate surface area is 277 Å². The van der Waals surface area contributed by atoms with E-state index in [1.807, 2.05) is 12.1 Å². The monoisotopic (exact) mass is 632 g/mol. The number of nitrogens with one attached hydrogen (secondary N) is 1. The van der Waals surface area contributed by atoms with Crippen molar-refractivity contribution in [1.29, 1.82) is 0 Å². The summed E-state index contributed by atoms with van der Waals surface area (Å²) in [6.45, 7) is 6.07. The van der Waals surface area contributed by atoms with Crippen LogP contribution in [-0.2, 0) is 22.4 Å². The lowest BCUT2D eigenvalue weighted by Gasteiger charge is -2.33. The number of carbonyl (C=O) groups excluding carboxylic acids is 2. The molecule has 1 saturated carbocycles. The molecule has 1 amide bonds. The second kappa shape index (κ2) is 13.3. The second-order valence-corrected chi connectivity index (χ2v) is 13.0. The lowest BCUT2D eigenvalue weighted by atomic mass is 9.85. The number of esters is 1. The summed E-state index contributed by atoms with van der Waals surface area (Å²) in [6, 6.07) is 21.9. The molecule has 47 heavy (non-hydrogen) atoms. The largest absolute Gasteiger partial charge is 0.480 e. The van der Waals surface area contributed by atoms with E-state index in [0.29, 0.717) is 29.2 Å². The molecule has 1 aromatic heterocycles. The Morgan fingerprint density at radius 1 is 0.957 bits per heavy atom. The smallest absolute Gasteiger partial charge is 0.345 e. The quantitative estimate of drug-likeness (QED) is 0.182. The molecule has 8 nitrogen and oxygen atoms in total. The maximum Gasteiger partial charge on any atom is 0.345 e. The van der Waals surface area contributed by atoms with Crippen molar-refractivity contribution in [2.24, 2.45) is 5.92 Å². The van der Waals surface area contributed by atoms with Gasteiger partial charge >= 0.3 is 5.97 Å². The fraction of sp³-hybridized carbons (Fsp3) is 0.410. The summed E-state index contributed by atoms with van der Waals surface area (Å²) in [7, 11) is 1.54. The molecule has 3 aromatic carbocycles. The summed E-state index contributed by atoms with van der Waals surface area (Å²) >= 11 is 0. The molecule has 244 valence electrons. The Morgan fingerprint density at radius 3 is 2.51 bits per heavy atom. The number of nitrogens with zero attached hydrogens (tertiary/aromatic N) is 3. The van der Waals surface area contributed by atoms with Crippen molar-refractivity contribution in [3.63, 3.8) is 0 Å². The van der Waals surface area contributed by atoms with Gasteiger partial charge in [-0.3, -0.25) is 4.79 Å². The number of ether oxygens (including phenoxy) is 2. The molecule has 3 aliphatic rings. The number of carbonyl (C=O) groups is 2. The van der Waals surface area contributed by atoms with Crippen molar-refractivity contribution in [3.05, 3.63) is 94.7 Å². The Hall–Kier alpha value is -4.59. The van der Waals surface area contributed by atoms with Crippen LogP contribution in [-0.4, -0.2) is 53.4 Å². The molecule has 1 saturated heterocycles. The number of aryl methyl sites for hydroxylation is 2. The van der Waals surface area contributed by atoms with Gasteiger partial charge in [-0.2, -0.15) is 5.10 Å². The van der Waals surface area contributed by atoms with Crippen LogP contribution in [0.3, 0.4) is 0 Å². The van der Waals surface area contributed by atoms with Gasteiger partial charge < -0.3 is 19.7 Å². The molecule has 7 rings (SSSR count).